The number of nitriles is 1. The predicted octanol–water partition coefficient (Wildman–Crippen LogP) is 0.502. The van der Waals surface area contributed by atoms with E-state index in [0.29, 0.717) is 0 Å². The van der Waals surface area contributed by atoms with Crippen LogP contribution in [0, 0.1) is 17.3 Å². The van der Waals surface area contributed by atoms with E-state index in [1.807, 2.05) is 6.19 Å². The van der Waals surface area contributed by atoms with Gasteiger partial charge in [0.2, 0.25) is 0 Å². The first-order valence-electron chi connectivity index (χ1n) is 2.81. The molecule has 2 nitrogen and oxygen atoms in total. The number of nitrogens with zero attached hydrogens (tertiary/aromatic N) is 1. The molecule has 0 aliphatic heterocycles. The number of halogens is 1. The average Bonchev–Trinajstić information content (AvgIpc) is 1.95. The van der Waals surface area contributed by atoms with Crippen LogP contribution in [0.2, 0.25) is 0 Å². The van der Waals surface area contributed by atoms with Gasteiger partial charge in [-0.3, -0.25) is 0 Å². The van der Waals surface area contributed by atoms with Crippen molar-refractivity contribution in [2.45, 2.75) is 0 Å². The molecule has 0 spiro atoms. The van der Waals surface area contributed by atoms with E-state index in [0.717, 1.165) is 5.69 Å². The third-order valence-corrected chi connectivity index (χ3v) is 1.10. The van der Waals surface area contributed by atoms with E-state index in [1.54, 1.807) is 12.1 Å². The van der Waals surface area contributed by atoms with Crippen LogP contribution in [0.3, 0.4) is 0 Å². The second-order valence-electron chi connectivity index (χ2n) is 1.82. The summed E-state index contributed by atoms with van der Waals surface area (Å²) in [7, 11) is 0. The van der Waals surface area contributed by atoms with Crippen molar-refractivity contribution in [1.29, 1.82) is 5.26 Å². The van der Waals surface area contributed by atoms with Gasteiger partial charge in [-0.2, -0.15) is 0 Å². The Kier molecular flexibility index (Phi) is 1.98. The van der Waals surface area contributed by atoms with Gasteiger partial charge >= 0.3 is 6.19 Å². The minimum atomic E-state index is -0.282. The zero-order chi connectivity index (χ0) is 7.40. The molecule has 0 saturated carbocycles. The summed E-state index contributed by atoms with van der Waals surface area (Å²) in [5.74, 6) is -0.282. The van der Waals surface area contributed by atoms with Crippen molar-refractivity contribution < 1.29 is 9.71 Å². The first-order chi connectivity index (χ1) is 4.83. The Morgan fingerprint density at radius 3 is 2.40 bits per heavy atom. The number of hydrogen-bond acceptors (Lipinski definition) is 1. The van der Waals surface area contributed by atoms with Crippen molar-refractivity contribution in [3.05, 3.63) is 30.1 Å². The Bertz CT molecular complexity index is 247. The first-order valence-corrected chi connectivity index (χ1v) is 2.81. The van der Waals surface area contributed by atoms with Crippen molar-refractivity contribution in [3.8, 4) is 6.19 Å². The van der Waals surface area contributed by atoms with Crippen LogP contribution in [0.15, 0.2) is 24.3 Å². The maximum absolute atomic E-state index is 12.2. The maximum Gasteiger partial charge on any atom is 0.310 e. The number of hydrogen-bond donors (Lipinski definition) is 1. The van der Waals surface area contributed by atoms with Crippen molar-refractivity contribution in [3.63, 3.8) is 0 Å². The summed E-state index contributed by atoms with van der Waals surface area (Å²) in [4.78, 5) is 0. The van der Waals surface area contributed by atoms with Crippen LogP contribution in [0.25, 0.3) is 0 Å². The van der Waals surface area contributed by atoms with Gasteiger partial charge in [0, 0.05) is 12.1 Å². The minimum Gasteiger partial charge on any atom is -0.214 e. The quantitative estimate of drug-likeness (QED) is 0.444. The Morgan fingerprint density at radius 2 is 1.90 bits per heavy atom. The Balaban J connectivity index is 2.81. The lowest BCUT2D eigenvalue weighted by Gasteiger charge is -1.88. The van der Waals surface area contributed by atoms with Crippen LogP contribution < -0.4 is 5.32 Å². The van der Waals surface area contributed by atoms with E-state index < -0.39 is 0 Å². The standard InChI is InChI=1S/C7H5FN2/c8-6-1-3-7(4-2-6)10-5-9/h1-4,10H/p+1. The van der Waals surface area contributed by atoms with Gasteiger partial charge in [0.25, 0.3) is 0 Å². The number of nitrogens with two attached hydrogens (primary N) is 1. The number of quaternary nitrogens is 1. The molecular weight excluding hydrogens is 131 g/mol. The molecule has 0 aromatic heterocycles. The molecule has 0 aliphatic rings. The van der Waals surface area contributed by atoms with Crippen LogP contribution in [0.4, 0.5) is 10.1 Å². The van der Waals surface area contributed by atoms with Gasteiger partial charge < -0.3 is 0 Å². The van der Waals surface area contributed by atoms with Gasteiger partial charge in [-0.05, 0) is 12.1 Å². The summed E-state index contributed by atoms with van der Waals surface area (Å²) in [6.45, 7) is 0. The molecule has 1 aromatic carbocycles. The van der Waals surface area contributed by atoms with E-state index in [9.17, 15) is 4.39 Å². The van der Waals surface area contributed by atoms with Gasteiger partial charge in [0.05, 0.1) is 0 Å². The SMILES string of the molecule is N#C[NH2+]c1ccc(F)cc1. The van der Waals surface area contributed by atoms with Crippen LogP contribution >= 0.6 is 0 Å². The molecule has 0 atom stereocenters. The van der Waals surface area contributed by atoms with Gasteiger partial charge in [0.15, 0.2) is 0 Å². The van der Waals surface area contributed by atoms with Gasteiger partial charge in [0.1, 0.15) is 11.5 Å². The van der Waals surface area contributed by atoms with Crippen molar-refractivity contribution in [2.75, 3.05) is 0 Å². The van der Waals surface area contributed by atoms with Crippen molar-refractivity contribution >= 4 is 5.69 Å². The highest BCUT2D eigenvalue weighted by atomic mass is 19.1. The molecule has 2 N–H and O–H groups in total. The molecular formula is C7H6FN2+. The molecule has 1 rings (SSSR count). The Labute approximate surface area is 57.9 Å². The van der Waals surface area contributed by atoms with Crippen molar-refractivity contribution in [1.82, 2.24) is 0 Å². The minimum absolute atomic E-state index is 0.282. The molecule has 0 saturated heterocycles. The third-order valence-electron chi connectivity index (χ3n) is 1.10. The van der Waals surface area contributed by atoms with Crippen LogP contribution in [0.1, 0.15) is 0 Å². The van der Waals surface area contributed by atoms with E-state index in [-0.39, 0.29) is 5.82 Å². The van der Waals surface area contributed by atoms with E-state index in [1.165, 1.54) is 17.4 Å². The molecule has 3 heteroatoms. The smallest absolute Gasteiger partial charge is 0.214 e. The molecule has 0 bridgehead atoms. The van der Waals surface area contributed by atoms with Crippen LogP contribution in [-0.2, 0) is 0 Å². The number of rotatable bonds is 1. The summed E-state index contributed by atoms with van der Waals surface area (Å²) in [6, 6.07) is 5.75. The fraction of sp³-hybridized carbons (Fsp3) is 0. The van der Waals surface area contributed by atoms with Crippen molar-refractivity contribution in [2.24, 2.45) is 0 Å². The first kappa shape index (κ1) is 6.72. The van der Waals surface area contributed by atoms with E-state index in [4.69, 9.17) is 5.26 Å². The Hall–Kier alpha value is -1.40. The molecule has 0 heterocycles. The largest absolute Gasteiger partial charge is 0.310 e. The third kappa shape index (κ3) is 1.54. The monoisotopic (exact) mass is 137 g/mol. The fourth-order valence-corrected chi connectivity index (χ4v) is 0.634. The number of benzene rings is 1. The average molecular weight is 137 g/mol. The second-order valence-corrected chi connectivity index (χ2v) is 1.82. The molecule has 0 radical (unpaired) electrons. The summed E-state index contributed by atoms with van der Waals surface area (Å²) < 4.78 is 12.2. The molecule has 50 valence electrons. The molecule has 0 unspecified atom stereocenters. The molecule has 1 aromatic rings. The predicted molar refractivity (Wildman–Crippen MR) is 33.6 cm³/mol. The van der Waals surface area contributed by atoms with E-state index in [2.05, 4.69) is 0 Å². The summed E-state index contributed by atoms with van der Waals surface area (Å²) in [5, 5.41) is 9.55. The molecule has 0 fully saturated rings. The topological polar surface area (TPSA) is 40.4 Å². The highest BCUT2D eigenvalue weighted by molar-refractivity contribution is 5.28. The normalized spacial score (nSPS) is 8.80. The zero-order valence-electron chi connectivity index (χ0n) is 5.21. The van der Waals surface area contributed by atoms with Gasteiger partial charge in [-0.15, -0.1) is 5.26 Å². The highest BCUT2D eigenvalue weighted by Crippen LogP contribution is 2.00. The Morgan fingerprint density at radius 1 is 1.30 bits per heavy atom. The van der Waals surface area contributed by atoms with E-state index >= 15 is 0 Å². The fourth-order valence-electron chi connectivity index (χ4n) is 0.634. The summed E-state index contributed by atoms with van der Waals surface area (Å²) in [5.41, 5.74) is 0.726. The lowest BCUT2D eigenvalue weighted by atomic mass is 10.3. The molecule has 0 amide bonds. The van der Waals surface area contributed by atoms with Crippen LogP contribution in [-0.4, -0.2) is 0 Å². The van der Waals surface area contributed by atoms with Gasteiger partial charge in [-0.1, -0.05) is 0 Å². The zero-order valence-corrected chi connectivity index (χ0v) is 5.21. The lowest BCUT2D eigenvalue weighted by Crippen LogP contribution is -2.71. The summed E-state index contributed by atoms with van der Waals surface area (Å²) >= 11 is 0. The van der Waals surface area contributed by atoms with Crippen LogP contribution in [0.5, 0.6) is 0 Å². The lowest BCUT2D eigenvalue weighted by molar-refractivity contribution is -0.476. The highest BCUT2D eigenvalue weighted by Gasteiger charge is 1.93. The second kappa shape index (κ2) is 2.95. The molecule has 10 heavy (non-hydrogen) atoms. The van der Waals surface area contributed by atoms with Gasteiger partial charge in [-0.25, -0.2) is 9.71 Å². The summed E-state index contributed by atoms with van der Waals surface area (Å²) in [6.07, 6.45) is 1.86. The molecule has 0 aliphatic carbocycles. The maximum atomic E-state index is 12.2.